The summed E-state index contributed by atoms with van der Waals surface area (Å²) in [5.74, 6) is 0.691. The van der Waals surface area contributed by atoms with Crippen molar-refractivity contribution in [1.82, 2.24) is 14.6 Å². The highest BCUT2D eigenvalue weighted by molar-refractivity contribution is 5.67. The number of methoxy groups -OCH3 is 1. The molecule has 2 aromatic rings. The normalized spacial score (nSPS) is 12.9. The monoisotopic (exact) mass is 222 g/mol. The highest BCUT2D eigenvalue weighted by atomic mass is 16.5. The predicted molar refractivity (Wildman–Crippen MR) is 59.4 cm³/mol. The van der Waals surface area contributed by atoms with Crippen molar-refractivity contribution in [3.63, 3.8) is 0 Å². The van der Waals surface area contributed by atoms with E-state index in [2.05, 4.69) is 15.4 Å². The van der Waals surface area contributed by atoms with Gasteiger partial charge in [0.05, 0.1) is 25.5 Å². The van der Waals surface area contributed by atoms with Crippen LogP contribution >= 0.6 is 0 Å². The Bertz CT molecular complexity index is 457. The summed E-state index contributed by atoms with van der Waals surface area (Å²) in [7, 11) is 1.59. The molecule has 6 nitrogen and oxygen atoms in total. The Balaban J connectivity index is 2.22. The van der Waals surface area contributed by atoms with Gasteiger partial charge >= 0.3 is 0 Å². The van der Waals surface area contributed by atoms with Crippen molar-refractivity contribution >= 4 is 11.3 Å². The van der Waals surface area contributed by atoms with E-state index in [0.717, 1.165) is 5.52 Å². The van der Waals surface area contributed by atoms with Crippen LogP contribution in [0, 0.1) is 0 Å². The maximum atomic E-state index is 9.15. The van der Waals surface area contributed by atoms with E-state index in [4.69, 9.17) is 9.84 Å². The van der Waals surface area contributed by atoms with Crippen LogP contribution in [-0.4, -0.2) is 46.1 Å². The number of nitrogens with zero attached hydrogens (tertiary/aromatic N) is 3. The summed E-state index contributed by atoms with van der Waals surface area (Å²) in [5, 5.41) is 16.4. The van der Waals surface area contributed by atoms with Crippen molar-refractivity contribution in [3.05, 3.63) is 24.7 Å². The van der Waals surface area contributed by atoms with Gasteiger partial charge in [0.1, 0.15) is 5.52 Å². The van der Waals surface area contributed by atoms with Crippen LogP contribution in [0.4, 0.5) is 5.82 Å². The van der Waals surface area contributed by atoms with Crippen molar-refractivity contribution in [1.29, 1.82) is 0 Å². The molecule has 0 aliphatic rings. The molecule has 16 heavy (non-hydrogen) atoms. The Morgan fingerprint density at radius 1 is 1.56 bits per heavy atom. The number of fused-ring (bicyclic) bond motifs is 1. The third-order valence-electron chi connectivity index (χ3n) is 2.25. The molecule has 0 aliphatic carbocycles. The molecular formula is C10H14N4O2. The van der Waals surface area contributed by atoms with E-state index < -0.39 is 0 Å². The van der Waals surface area contributed by atoms with Gasteiger partial charge in [0.25, 0.3) is 0 Å². The number of aromatic nitrogens is 3. The molecule has 0 aliphatic heterocycles. The van der Waals surface area contributed by atoms with Gasteiger partial charge in [0.15, 0.2) is 5.82 Å². The Morgan fingerprint density at radius 3 is 3.19 bits per heavy atom. The number of aliphatic hydroxyl groups is 1. The molecule has 2 N–H and O–H groups in total. The van der Waals surface area contributed by atoms with Crippen molar-refractivity contribution in [3.8, 4) is 0 Å². The summed E-state index contributed by atoms with van der Waals surface area (Å²) in [6.07, 6.45) is 5.13. The Morgan fingerprint density at radius 2 is 2.44 bits per heavy atom. The van der Waals surface area contributed by atoms with Gasteiger partial charge in [-0.15, -0.1) is 0 Å². The van der Waals surface area contributed by atoms with Crippen molar-refractivity contribution < 1.29 is 9.84 Å². The summed E-state index contributed by atoms with van der Waals surface area (Å²) < 4.78 is 6.71. The lowest BCUT2D eigenvalue weighted by molar-refractivity contribution is 0.153. The number of ether oxygens (including phenoxy) is 1. The number of nitrogens with one attached hydrogen (secondary N) is 1. The Labute approximate surface area is 92.9 Å². The second-order valence-corrected chi connectivity index (χ2v) is 3.42. The molecule has 2 heterocycles. The molecule has 2 aromatic heterocycles. The third-order valence-corrected chi connectivity index (χ3v) is 2.25. The molecular weight excluding hydrogens is 208 g/mol. The first kappa shape index (κ1) is 10.8. The van der Waals surface area contributed by atoms with Gasteiger partial charge in [-0.1, -0.05) is 0 Å². The number of rotatable bonds is 5. The van der Waals surface area contributed by atoms with Gasteiger partial charge in [0, 0.05) is 19.5 Å². The fraction of sp³-hybridized carbons (Fsp3) is 0.400. The van der Waals surface area contributed by atoms with Crippen LogP contribution in [0.1, 0.15) is 0 Å². The first-order chi connectivity index (χ1) is 7.85. The van der Waals surface area contributed by atoms with Crippen LogP contribution in [0.15, 0.2) is 24.7 Å². The largest absolute Gasteiger partial charge is 0.394 e. The maximum Gasteiger partial charge on any atom is 0.152 e. The van der Waals surface area contributed by atoms with Crippen LogP contribution in [0.2, 0.25) is 0 Å². The van der Waals surface area contributed by atoms with E-state index in [1.54, 1.807) is 30.2 Å². The molecule has 86 valence electrons. The van der Waals surface area contributed by atoms with Crippen molar-refractivity contribution in [2.45, 2.75) is 6.04 Å². The summed E-state index contributed by atoms with van der Waals surface area (Å²) in [5.41, 5.74) is 0.872. The minimum atomic E-state index is -0.168. The minimum Gasteiger partial charge on any atom is -0.394 e. The standard InChI is InChI=1S/C10H14N4O2/c1-16-7-8(6-15)13-10-9-2-3-12-14(9)5-4-11-10/h2-5,8,15H,6-7H2,1H3,(H,11,13). The quantitative estimate of drug-likeness (QED) is 0.753. The second kappa shape index (κ2) is 4.91. The van der Waals surface area contributed by atoms with Crippen molar-refractivity contribution in [2.75, 3.05) is 25.6 Å². The molecule has 0 radical (unpaired) electrons. The van der Waals surface area contributed by atoms with Gasteiger partial charge < -0.3 is 15.2 Å². The average Bonchev–Trinajstić information content (AvgIpc) is 2.77. The summed E-state index contributed by atoms with van der Waals surface area (Å²) in [6, 6.07) is 1.69. The lowest BCUT2D eigenvalue weighted by atomic mass is 10.3. The molecule has 0 spiro atoms. The lowest BCUT2D eigenvalue weighted by Gasteiger charge is -2.16. The number of aliphatic hydroxyl groups excluding tert-OH is 1. The van der Waals surface area contributed by atoms with Crippen LogP contribution in [-0.2, 0) is 4.74 Å². The van der Waals surface area contributed by atoms with Crippen LogP contribution in [0.3, 0.4) is 0 Å². The fourth-order valence-corrected chi connectivity index (χ4v) is 1.50. The lowest BCUT2D eigenvalue weighted by Crippen LogP contribution is -2.29. The Hall–Kier alpha value is -1.66. The SMILES string of the molecule is COCC(CO)Nc1nccn2nccc12. The Kier molecular flexibility index (Phi) is 3.33. The topological polar surface area (TPSA) is 71.7 Å². The second-order valence-electron chi connectivity index (χ2n) is 3.42. The van der Waals surface area contributed by atoms with Crippen LogP contribution in [0.5, 0.6) is 0 Å². The van der Waals surface area contributed by atoms with E-state index >= 15 is 0 Å². The molecule has 6 heteroatoms. The predicted octanol–water partition coefficient (Wildman–Crippen LogP) is 0.148. The fourth-order valence-electron chi connectivity index (χ4n) is 1.50. The van der Waals surface area contributed by atoms with E-state index in [0.29, 0.717) is 12.4 Å². The average molecular weight is 222 g/mol. The molecule has 0 saturated heterocycles. The highest BCUT2D eigenvalue weighted by Gasteiger charge is 2.10. The number of hydrogen-bond acceptors (Lipinski definition) is 5. The summed E-state index contributed by atoms with van der Waals surface area (Å²) in [6.45, 7) is 0.415. The summed E-state index contributed by atoms with van der Waals surface area (Å²) >= 11 is 0. The van der Waals surface area contributed by atoms with Gasteiger partial charge in [-0.25, -0.2) is 9.50 Å². The molecule has 0 aromatic carbocycles. The molecule has 1 atom stereocenters. The van der Waals surface area contributed by atoms with E-state index in [1.807, 2.05) is 6.07 Å². The zero-order chi connectivity index (χ0) is 11.4. The van der Waals surface area contributed by atoms with Gasteiger partial charge in [-0.3, -0.25) is 0 Å². The van der Waals surface area contributed by atoms with Crippen LogP contribution < -0.4 is 5.32 Å². The third kappa shape index (κ3) is 2.12. The van der Waals surface area contributed by atoms with Crippen molar-refractivity contribution in [2.24, 2.45) is 0 Å². The molecule has 0 fully saturated rings. The number of anilines is 1. The molecule has 2 rings (SSSR count). The van der Waals surface area contributed by atoms with E-state index in [1.165, 1.54) is 0 Å². The zero-order valence-electron chi connectivity index (χ0n) is 9.00. The minimum absolute atomic E-state index is 0.00921. The van der Waals surface area contributed by atoms with E-state index in [9.17, 15) is 0 Å². The molecule has 0 saturated carbocycles. The molecule has 0 amide bonds. The smallest absolute Gasteiger partial charge is 0.152 e. The molecule has 0 bridgehead atoms. The zero-order valence-corrected chi connectivity index (χ0v) is 9.00. The number of hydrogen-bond donors (Lipinski definition) is 2. The highest BCUT2D eigenvalue weighted by Crippen LogP contribution is 2.13. The van der Waals surface area contributed by atoms with Gasteiger partial charge in [-0.2, -0.15) is 5.10 Å². The first-order valence-electron chi connectivity index (χ1n) is 5.00. The van der Waals surface area contributed by atoms with Gasteiger partial charge in [-0.05, 0) is 6.07 Å². The first-order valence-corrected chi connectivity index (χ1v) is 5.00. The van der Waals surface area contributed by atoms with E-state index in [-0.39, 0.29) is 12.6 Å². The summed E-state index contributed by atoms with van der Waals surface area (Å²) in [4.78, 5) is 4.21. The maximum absolute atomic E-state index is 9.15. The molecule has 1 unspecified atom stereocenters. The van der Waals surface area contributed by atoms with Gasteiger partial charge in [0.2, 0.25) is 0 Å². The van der Waals surface area contributed by atoms with Crippen LogP contribution in [0.25, 0.3) is 5.52 Å².